The van der Waals surface area contributed by atoms with E-state index >= 15 is 0 Å². The first kappa shape index (κ1) is 23.6. The first-order chi connectivity index (χ1) is 15.8. The van der Waals surface area contributed by atoms with Crippen molar-refractivity contribution in [2.45, 2.75) is 63.5 Å². The molecule has 9 heteroatoms. The van der Waals surface area contributed by atoms with Crippen molar-refractivity contribution in [2.75, 3.05) is 13.1 Å². The van der Waals surface area contributed by atoms with E-state index in [0.717, 1.165) is 38.5 Å². The minimum absolute atomic E-state index is 0.0575. The van der Waals surface area contributed by atoms with Crippen LogP contribution in [0.25, 0.3) is 5.69 Å². The van der Waals surface area contributed by atoms with E-state index in [1.54, 1.807) is 30.6 Å². The topological polar surface area (TPSA) is 105 Å². The Bertz CT molecular complexity index is 1060. The van der Waals surface area contributed by atoms with Crippen molar-refractivity contribution in [1.29, 1.82) is 0 Å². The highest BCUT2D eigenvalue weighted by Gasteiger charge is 2.29. The molecule has 8 nitrogen and oxygen atoms in total. The van der Waals surface area contributed by atoms with Gasteiger partial charge in [-0.05, 0) is 49.8 Å². The van der Waals surface area contributed by atoms with Gasteiger partial charge in [0.2, 0.25) is 5.91 Å². The van der Waals surface area contributed by atoms with E-state index in [4.69, 9.17) is 11.6 Å². The molecule has 178 valence electrons. The van der Waals surface area contributed by atoms with Gasteiger partial charge in [-0.1, -0.05) is 37.3 Å². The molecule has 0 radical (unpaired) electrons. The average molecular weight is 475 g/mol. The van der Waals surface area contributed by atoms with E-state index in [-0.39, 0.29) is 35.3 Å². The number of imidazole rings is 1. The molecular weight excluding hydrogens is 444 g/mol. The third kappa shape index (κ3) is 6.06. The van der Waals surface area contributed by atoms with Crippen molar-refractivity contribution in [1.82, 2.24) is 19.8 Å². The van der Waals surface area contributed by atoms with Crippen LogP contribution in [0.1, 0.15) is 61.7 Å². The molecule has 1 aromatic carbocycles. The summed E-state index contributed by atoms with van der Waals surface area (Å²) in [6.45, 7) is 0.760. The predicted octanol–water partition coefficient (Wildman–Crippen LogP) is 2.63. The second-order valence-corrected chi connectivity index (χ2v) is 9.72. The molecule has 2 aliphatic carbocycles. The molecule has 1 aromatic heterocycles. The molecule has 33 heavy (non-hydrogen) atoms. The van der Waals surface area contributed by atoms with Crippen molar-refractivity contribution >= 4 is 23.4 Å². The zero-order valence-corrected chi connectivity index (χ0v) is 19.4. The van der Waals surface area contributed by atoms with Crippen molar-refractivity contribution in [3.63, 3.8) is 0 Å². The van der Waals surface area contributed by atoms with Gasteiger partial charge in [-0.15, -0.1) is 0 Å². The molecule has 2 aromatic rings. The Morgan fingerprint density at radius 3 is 2.52 bits per heavy atom. The third-order valence-corrected chi connectivity index (χ3v) is 6.86. The minimum Gasteiger partial charge on any atom is -0.388 e. The number of hydrogen-bond donors (Lipinski definition) is 3. The van der Waals surface area contributed by atoms with Gasteiger partial charge in [0.05, 0.1) is 21.9 Å². The molecule has 2 saturated carbocycles. The number of halogens is 1. The summed E-state index contributed by atoms with van der Waals surface area (Å²) in [7, 11) is 0. The van der Waals surface area contributed by atoms with Gasteiger partial charge in [0, 0.05) is 25.5 Å². The Hall–Kier alpha value is -2.58. The highest BCUT2D eigenvalue weighted by atomic mass is 35.5. The van der Waals surface area contributed by atoms with Crippen LogP contribution in [-0.2, 0) is 11.3 Å². The maximum absolute atomic E-state index is 12.8. The van der Waals surface area contributed by atoms with Crippen molar-refractivity contribution in [3.05, 3.63) is 51.7 Å². The van der Waals surface area contributed by atoms with E-state index in [9.17, 15) is 19.5 Å². The van der Waals surface area contributed by atoms with Gasteiger partial charge in [-0.3, -0.25) is 18.7 Å². The Balaban J connectivity index is 1.44. The lowest BCUT2D eigenvalue weighted by atomic mass is 9.94. The van der Waals surface area contributed by atoms with Crippen LogP contribution < -0.4 is 16.3 Å². The van der Waals surface area contributed by atoms with Crippen LogP contribution in [0.5, 0.6) is 0 Å². The van der Waals surface area contributed by atoms with Crippen molar-refractivity contribution < 1.29 is 14.7 Å². The number of amides is 2. The highest BCUT2D eigenvalue weighted by Crippen LogP contribution is 2.28. The second kappa shape index (κ2) is 10.1. The first-order valence-electron chi connectivity index (χ1n) is 11.7. The van der Waals surface area contributed by atoms with Crippen molar-refractivity contribution in [3.8, 4) is 5.69 Å². The number of aliphatic hydroxyl groups is 1. The molecule has 2 amide bonds. The SMILES string of the molecule is O=C(Cn1ccn(-c2ccc(Cl)c(C(=O)NCC3(O)CCCCCC3)c2)c1=O)NCC1CC1. The molecule has 2 fully saturated rings. The van der Waals surface area contributed by atoms with Crippen LogP contribution in [-0.4, -0.2) is 44.7 Å². The smallest absolute Gasteiger partial charge is 0.333 e. The number of rotatable bonds is 8. The Kier molecular flexibility index (Phi) is 7.24. The van der Waals surface area contributed by atoms with Gasteiger partial charge < -0.3 is 15.7 Å². The number of aromatic nitrogens is 2. The summed E-state index contributed by atoms with van der Waals surface area (Å²) in [6.07, 6.45) is 10.8. The average Bonchev–Trinajstić information content (AvgIpc) is 3.59. The maximum atomic E-state index is 12.8. The number of carbonyl (C=O) groups is 2. The molecule has 0 saturated heterocycles. The van der Waals surface area contributed by atoms with Crippen LogP contribution in [0.2, 0.25) is 5.02 Å². The normalized spacial score (nSPS) is 17.9. The molecular formula is C24H31ClN4O4. The van der Waals surface area contributed by atoms with Crippen LogP contribution in [0, 0.1) is 5.92 Å². The minimum atomic E-state index is -0.898. The van der Waals surface area contributed by atoms with Gasteiger partial charge in [-0.25, -0.2) is 4.79 Å². The molecule has 0 aliphatic heterocycles. The number of nitrogens with zero attached hydrogens (tertiary/aromatic N) is 2. The molecule has 1 heterocycles. The lowest BCUT2D eigenvalue weighted by Gasteiger charge is -2.26. The monoisotopic (exact) mass is 474 g/mol. The number of benzene rings is 1. The van der Waals surface area contributed by atoms with Gasteiger partial charge in [0.1, 0.15) is 6.54 Å². The third-order valence-electron chi connectivity index (χ3n) is 6.53. The van der Waals surface area contributed by atoms with Crippen LogP contribution in [0.15, 0.2) is 35.4 Å². The summed E-state index contributed by atoms with van der Waals surface area (Å²) >= 11 is 6.27. The fourth-order valence-electron chi connectivity index (χ4n) is 4.26. The number of hydrogen-bond acceptors (Lipinski definition) is 4. The second-order valence-electron chi connectivity index (χ2n) is 9.31. The predicted molar refractivity (Wildman–Crippen MR) is 126 cm³/mol. The maximum Gasteiger partial charge on any atom is 0.333 e. The summed E-state index contributed by atoms with van der Waals surface area (Å²) in [4.78, 5) is 37.8. The van der Waals surface area contributed by atoms with Crippen LogP contribution in [0.4, 0.5) is 0 Å². The zero-order valence-electron chi connectivity index (χ0n) is 18.7. The zero-order chi connectivity index (χ0) is 23.4. The lowest BCUT2D eigenvalue weighted by molar-refractivity contribution is -0.121. The van der Waals surface area contributed by atoms with Crippen molar-refractivity contribution in [2.24, 2.45) is 5.92 Å². The highest BCUT2D eigenvalue weighted by molar-refractivity contribution is 6.33. The molecule has 0 atom stereocenters. The largest absolute Gasteiger partial charge is 0.388 e. The summed E-state index contributed by atoms with van der Waals surface area (Å²) < 4.78 is 2.71. The Labute approximate surface area is 197 Å². The Morgan fingerprint density at radius 1 is 1.09 bits per heavy atom. The molecule has 0 spiro atoms. The molecule has 4 rings (SSSR count). The summed E-state index contributed by atoms with van der Waals surface area (Å²) in [6, 6.07) is 4.77. The standard InChI is InChI=1S/C24H31ClN4O4/c25-20-8-7-18(13-19(20)22(31)27-16-24(33)9-3-1-2-4-10-24)29-12-11-28(23(29)32)15-21(30)26-14-17-5-6-17/h7-8,11-13,17,33H,1-6,9-10,14-16H2,(H,26,30)(H,27,31). The lowest BCUT2D eigenvalue weighted by Crippen LogP contribution is -2.42. The molecule has 2 aliphatic rings. The molecule has 0 unspecified atom stereocenters. The molecule has 0 bridgehead atoms. The van der Waals surface area contributed by atoms with Crippen LogP contribution in [0.3, 0.4) is 0 Å². The quantitative estimate of drug-likeness (QED) is 0.511. The van der Waals surface area contributed by atoms with E-state index in [1.807, 2.05) is 0 Å². The molecule has 3 N–H and O–H groups in total. The summed E-state index contributed by atoms with van der Waals surface area (Å²) in [5, 5.41) is 16.7. The van der Waals surface area contributed by atoms with E-state index in [2.05, 4.69) is 10.6 Å². The van der Waals surface area contributed by atoms with E-state index in [1.165, 1.54) is 9.13 Å². The number of carbonyl (C=O) groups excluding carboxylic acids is 2. The van der Waals surface area contributed by atoms with Gasteiger partial charge in [0.15, 0.2) is 0 Å². The summed E-state index contributed by atoms with van der Waals surface area (Å²) in [5.74, 6) is -0.0296. The fraction of sp³-hybridized carbons (Fsp3) is 0.542. The van der Waals surface area contributed by atoms with E-state index in [0.29, 0.717) is 31.0 Å². The summed E-state index contributed by atoms with van der Waals surface area (Å²) in [5.41, 5.74) is -0.573. The van der Waals surface area contributed by atoms with Gasteiger partial charge in [0.25, 0.3) is 5.91 Å². The van der Waals surface area contributed by atoms with E-state index < -0.39 is 11.5 Å². The fourth-order valence-corrected chi connectivity index (χ4v) is 4.46. The van der Waals surface area contributed by atoms with Gasteiger partial charge in [-0.2, -0.15) is 0 Å². The number of nitrogens with one attached hydrogen (secondary N) is 2. The Morgan fingerprint density at radius 2 is 1.82 bits per heavy atom. The van der Waals surface area contributed by atoms with Crippen LogP contribution >= 0.6 is 11.6 Å². The first-order valence-corrected chi connectivity index (χ1v) is 12.1. The van der Waals surface area contributed by atoms with Gasteiger partial charge >= 0.3 is 5.69 Å².